The Kier molecular flexibility index (Phi) is 5.00. The van der Waals surface area contributed by atoms with E-state index in [1.807, 2.05) is 13.8 Å². The van der Waals surface area contributed by atoms with Crippen molar-refractivity contribution in [3.8, 4) is 11.3 Å². The second kappa shape index (κ2) is 7.78. The molecule has 0 saturated heterocycles. The van der Waals surface area contributed by atoms with Gasteiger partial charge in [0.05, 0.1) is 22.5 Å². The van der Waals surface area contributed by atoms with Crippen LogP contribution in [-0.4, -0.2) is 31.4 Å². The lowest BCUT2D eigenvalue weighted by molar-refractivity contribution is 0.261. The minimum absolute atomic E-state index is 0.00837. The van der Waals surface area contributed by atoms with Crippen molar-refractivity contribution < 1.29 is 13.7 Å². The molecule has 0 spiro atoms. The van der Waals surface area contributed by atoms with Crippen LogP contribution in [0.25, 0.3) is 22.3 Å². The molecule has 2 amide bonds. The third kappa shape index (κ3) is 3.64. The number of carbonyl (C=O) groups excluding carboxylic acids is 1. The Balaban J connectivity index is 1.51. The molecule has 0 aliphatic rings. The lowest BCUT2D eigenvalue weighted by atomic mass is 10.1. The summed E-state index contributed by atoms with van der Waals surface area (Å²) < 4.78 is 19.7. The molecule has 0 radical (unpaired) electrons. The van der Waals surface area contributed by atoms with Crippen LogP contribution in [0.15, 0.2) is 35.1 Å². The first-order valence-electron chi connectivity index (χ1n) is 9.25. The van der Waals surface area contributed by atoms with E-state index in [4.69, 9.17) is 10.3 Å². The largest absolute Gasteiger partial charge is 0.383 e. The summed E-state index contributed by atoms with van der Waals surface area (Å²) in [6.07, 6.45) is 2.19. The fraction of sp³-hybridized carbons (Fsp3) is 0.211. The molecule has 1 atom stereocenters. The molecule has 30 heavy (non-hydrogen) atoms. The summed E-state index contributed by atoms with van der Waals surface area (Å²) in [5, 5.41) is 16.2. The molecule has 0 bridgehead atoms. The number of carbonyl (C=O) groups is 1. The van der Waals surface area contributed by atoms with E-state index in [9.17, 15) is 9.18 Å². The minimum Gasteiger partial charge on any atom is -0.383 e. The zero-order valence-corrected chi connectivity index (χ0v) is 16.2. The van der Waals surface area contributed by atoms with Gasteiger partial charge in [0.2, 0.25) is 5.88 Å². The number of amides is 2. The molecular formula is C19H19FN8O2. The number of aromatic amines is 1. The molecule has 4 rings (SSSR count). The van der Waals surface area contributed by atoms with Crippen LogP contribution >= 0.6 is 0 Å². The molecular weight excluding hydrogens is 391 g/mol. The van der Waals surface area contributed by atoms with Crippen LogP contribution in [0.3, 0.4) is 0 Å². The fourth-order valence-corrected chi connectivity index (χ4v) is 2.91. The van der Waals surface area contributed by atoms with Crippen LogP contribution in [-0.2, 0) is 0 Å². The molecule has 0 saturated carbocycles. The third-order valence-electron chi connectivity index (χ3n) is 4.77. The van der Waals surface area contributed by atoms with E-state index in [-0.39, 0.29) is 23.3 Å². The van der Waals surface area contributed by atoms with Crippen LogP contribution in [0, 0.1) is 5.82 Å². The van der Waals surface area contributed by atoms with Gasteiger partial charge in [-0.15, -0.1) is 0 Å². The van der Waals surface area contributed by atoms with Gasteiger partial charge < -0.3 is 15.6 Å². The molecule has 154 valence electrons. The molecule has 5 N–H and O–H groups in total. The number of halogens is 1. The Labute approximate surface area is 170 Å². The maximum atomic E-state index is 14.6. The standard InChI is InChI=1S/C19H19FN8O2/c1-3-9(2)13-7-14(30-28-13)25-19(29)24-12-5-4-10(6-11(12)20)16-15-17(21)22-8-23-18(15)27-26-16/h4-9H,3H2,1-2H3,(H2,24,25,29)(H3,21,22,23,26,27). The highest BCUT2D eigenvalue weighted by Gasteiger charge is 2.16. The Bertz CT molecular complexity index is 1220. The van der Waals surface area contributed by atoms with E-state index in [0.29, 0.717) is 22.3 Å². The second-order valence-electron chi connectivity index (χ2n) is 6.76. The van der Waals surface area contributed by atoms with Crippen molar-refractivity contribution in [1.29, 1.82) is 0 Å². The summed E-state index contributed by atoms with van der Waals surface area (Å²) in [5.74, 6) is -0.0252. The van der Waals surface area contributed by atoms with Gasteiger partial charge in [0.15, 0.2) is 5.65 Å². The first-order chi connectivity index (χ1) is 14.5. The molecule has 1 aromatic carbocycles. The molecule has 0 aliphatic carbocycles. The lowest BCUT2D eigenvalue weighted by Crippen LogP contribution is -2.19. The van der Waals surface area contributed by atoms with Crippen molar-refractivity contribution in [2.75, 3.05) is 16.4 Å². The quantitative estimate of drug-likeness (QED) is 0.390. The molecule has 0 fully saturated rings. The molecule has 10 nitrogen and oxygen atoms in total. The van der Waals surface area contributed by atoms with E-state index in [1.54, 1.807) is 12.1 Å². The van der Waals surface area contributed by atoms with Gasteiger partial charge in [-0.05, 0) is 18.6 Å². The van der Waals surface area contributed by atoms with Crippen LogP contribution in [0.5, 0.6) is 0 Å². The van der Waals surface area contributed by atoms with E-state index in [1.165, 1.54) is 18.5 Å². The monoisotopic (exact) mass is 410 g/mol. The van der Waals surface area contributed by atoms with E-state index in [0.717, 1.165) is 12.1 Å². The number of rotatable bonds is 5. The van der Waals surface area contributed by atoms with Gasteiger partial charge in [0, 0.05) is 17.5 Å². The van der Waals surface area contributed by atoms with Crippen molar-refractivity contribution in [1.82, 2.24) is 25.3 Å². The summed E-state index contributed by atoms with van der Waals surface area (Å²) in [7, 11) is 0. The number of nitrogens with zero attached hydrogens (tertiary/aromatic N) is 4. The molecule has 3 heterocycles. The Hall–Kier alpha value is -4.02. The molecule has 0 aliphatic heterocycles. The fourth-order valence-electron chi connectivity index (χ4n) is 2.91. The van der Waals surface area contributed by atoms with Crippen LogP contribution in [0.1, 0.15) is 31.9 Å². The number of hydrogen-bond acceptors (Lipinski definition) is 7. The number of nitrogens with two attached hydrogens (primary N) is 1. The first kappa shape index (κ1) is 19.3. The number of H-pyrrole nitrogens is 1. The van der Waals surface area contributed by atoms with Crippen molar-refractivity contribution in [3.05, 3.63) is 42.1 Å². The highest BCUT2D eigenvalue weighted by Crippen LogP contribution is 2.30. The summed E-state index contributed by atoms with van der Waals surface area (Å²) in [5.41, 5.74) is 7.96. The van der Waals surface area contributed by atoms with Crippen LogP contribution in [0.4, 0.5) is 26.6 Å². The average molecular weight is 410 g/mol. The summed E-state index contributed by atoms with van der Waals surface area (Å²) in [6.45, 7) is 4.03. The number of fused-ring (bicyclic) bond motifs is 1. The average Bonchev–Trinajstić information content (AvgIpc) is 3.37. The van der Waals surface area contributed by atoms with Gasteiger partial charge in [-0.3, -0.25) is 10.4 Å². The van der Waals surface area contributed by atoms with Crippen LogP contribution < -0.4 is 16.4 Å². The van der Waals surface area contributed by atoms with Gasteiger partial charge in [-0.2, -0.15) is 5.10 Å². The number of nitrogens with one attached hydrogen (secondary N) is 3. The van der Waals surface area contributed by atoms with Gasteiger partial charge in [-0.1, -0.05) is 25.1 Å². The topological polar surface area (TPSA) is 148 Å². The lowest BCUT2D eigenvalue weighted by Gasteiger charge is -2.08. The predicted octanol–water partition coefficient (Wildman–Crippen LogP) is 3.89. The SMILES string of the molecule is CCC(C)c1cc(NC(=O)Nc2ccc(-c3[nH]nc4ncnc(N)c34)cc2F)on1. The number of hydrogen-bond donors (Lipinski definition) is 4. The predicted molar refractivity (Wildman–Crippen MR) is 109 cm³/mol. The van der Waals surface area contributed by atoms with Gasteiger partial charge in [0.25, 0.3) is 0 Å². The zero-order chi connectivity index (χ0) is 21.3. The van der Waals surface area contributed by atoms with Gasteiger partial charge >= 0.3 is 6.03 Å². The van der Waals surface area contributed by atoms with Crippen LogP contribution in [0.2, 0.25) is 0 Å². The second-order valence-corrected chi connectivity index (χ2v) is 6.76. The smallest absolute Gasteiger partial charge is 0.326 e. The van der Waals surface area contributed by atoms with E-state index < -0.39 is 11.8 Å². The van der Waals surface area contributed by atoms with E-state index >= 15 is 0 Å². The summed E-state index contributed by atoms with van der Waals surface area (Å²) in [6, 6.07) is 5.29. The summed E-state index contributed by atoms with van der Waals surface area (Å²) in [4.78, 5) is 20.1. The zero-order valence-electron chi connectivity index (χ0n) is 16.2. The number of urea groups is 1. The number of aromatic nitrogens is 5. The maximum absolute atomic E-state index is 14.6. The number of anilines is 3. The first-order valence-corrected chi connectivity index (χ1v) is 9.25. The van der Waals surface area contributed by atoms with Crippen molar-refractivity contribution in [2.24, 2.45) is 0 Å². The van der Waals surface area contributed by atoms with E-state index in [2.05, 4.69) is 36.0 Å². The number of nitrogen functional groups attached to an aromatic ring is 1. The Morgan fingerprint density at radius 2 is 2.13 bits per heavy atom. The van der Waals surface area contributed by atoms with Crippen molar-refractivity contribution in [2.45, 2.75) is 26.2 Å². The molecule has 4 aromatic rings. The molecule has 1 unspecified atom stereocenters. The number of benzene rings is 1. The third-order valence-corrected chi connectivity index (χ3v) is 4.77. The Morgan fingerprint density at radius 3 is 2.90 bits per heavy atom. The normalized spacial score (nSPS) is 12.1. The van der Waals surface area contributed by atoms with Crippen molar-refractivity contribution >= 4 is 34.5 Å². The van der Waals surface area contributed by atoms with Gasteiger partial charge in [-0.25, -0.2) is 19.2 Å². The summed E-state index contributed by atoms with van der Waals surface area (Å²) >= 11 is 0. The minimum atomic E-state index is -0.655. The maximum Gasteiger partial charge on any atom is 0.326 e. The van der Waals surface area contributed by atoms with Crippen molar-refractivity contribution in [3.63, 3.8) is 0 Å². The molecule has 3 aromatic heterocycles. The highest BCUT2D eigenvalue weighted by atomic mass is 19.1. The highest BCUT2D eigenvalue weighted by molar-refractivity contribution is 6.00. The Morgan fingerprint density at radius 1 is 1.30 bits per heavy atom. The van der Waals surface area contributed by atoms with Gasteiger partial charge in [0.1, 0.15) is 18.0 Å². The molecule has 11 heteroatoms.